The van der Waals surface area contributed by atoms with Crippen LogP contribution in [-0.2, 0) is 10.9 Å². The van der Waals surface area contributed by atoms with E-state index in [4.69, 9.17) is 4.74 Å². The zero-order valence-corrected chi connectivity index (χ0v) is 12.7. The number of hydrogen-bond acceptors (Lipinski definition) is 4. The molecule has 0 radical (unpaired) electrons. The summed E-state index contributed by atoms with van der Waals surface area (Å²) in [6.07, 6.45) is -4.62. The molecule has 1 aromatic rings. The number of morpholine rings is 1. The van der Waals surface area contributed by atoms with E-state index in [1.807, 2.05) is 0 Å². The van der Waals surface area contributed by atoms with Gasteiger partial charge >= 0.3 is 6.18 Å². The van der Waals surface area contributed by atoms with Gasteiger partial charge in [-0.2, -0.15) is 13.2 Å². The molecule has 1 saturated heterocycles. The van der Waals surface area contributed by atoms with Crippen LogP contribution in [0.4, 0.5) is 13.2 Å². The van der Waals surface area contributed by atoms with Gasteiger partial charge in [0.2, 0.25) is 0 Å². The van der Waals surface area contributed by atoms with Crippen LogP contribution in [0.1, 0.15) is 22.8 Å². The van der Waals surface area contributed by atoms with Gasteiger partial charge in [-0.1, -0.05) is 0 Å². The summed E-state index contributed by atoms with van der Waals surface area (Å²) in [5.74, 6) is -1.24. The Balaban J connectivity index is 2.00. The van der Waals surface area contributed by atoms with Gasteiger partial charge in [-0.05, 0) is 25.1 Å². The number of nitrogens with one attached hydrogen (secondary N) is 1. The lowest BCUT2D eigenvalue weighted by atomic mass is 10.1. The van der Waals surface area contributed by atoms with Gasteiger partial charge < -0.3 is 15.2 Å². The van der Waals surface area contributed by atoms with Crippen molar-refractivity contribution >= 4 is 5.91 Å². The smallest absolute Gasteiger partial charge is 0.416 e. The first-order valence-corrected chi connectivity index (χ1v) is 7.28. The Morgan fingerprint density at radius 1 is 1.35 bits per heavy atom. The Bertz CT molecular complexity index is 557. The second-order valence-electron chi connectivity index (χ2n) is 5.55. The summed E-state index contributed by atoms with van der Waals surface area (Å²) in [7, 11) is 0. The maximum atomic E-state index is 12.7. The largest absolute Gasteiger partial charge is 0.508 e. The molecule has 1 amide bonds. The van der Waals surface area contributed by atoms with Crippen LogP contribution in [0.15, 0.2) is 18.2 Å². The van der Waals surface area contributed by atoms with Crippen LogP contribution in [0.25, 0.3) is 0 Å². The molecule has 0 spiro atoms. The number of hydrogen-bond donors (Lipinski definition) is 2. The van der Waals surface area contributed by atoms with Crippen molar-refractivity contribution in [3.05, 3.63) is 29.3 Å². The van der Waals surface area contributed by atoms with E-state index in [1.54, 1.807) is 6.92 Å². The van der Waals surface area contributed by atoms with Crippen molar-refractivity contribution in [1.82, 2.24) is 10.2 Å². The molecular formula is C15H19F3N2O3. The highest BCUT2D eigenvalue weighted by atomic mass is 19.4. The number of carbonyl (C=O) groups excluding carboxylic acids is 1. The minimum Gasteiger partial charge on any atom is -0.508 e. The van der Waals surface area contributed by atoms with Crippen molar-refractivity contribution < 1.29 is 27.8 Å². The average molecular weight is 332 g/mol. The van der Waals surface area contributed by atoms with E-state index in [0.717, 1.165) is 25.2 Å². The third-order valence-electron chi connectivity index (χ3n) is 3.52. The molecule has 1 fully saturated rings. The Labute approximate surface area is 132 Å². The maximum Gasteiger partial charge on any atom is 0.416 e. The Morgan fingerprint density at radius 3 is 2.61 bits per heavy atom. The fraction of sp³-hybridized carbons (Fsp3) is 0.533. The number of nitrogens with zero attached hydrogens (tertiary/aromatic N) is 1. The molecule has 128 valence electrons. The van der Waals surface area contributed by atoms with Crippen LogP contribution in [0.3, 0.4) is 0 Å². The number of aromatic hydroxyl groups is 1. The number of phenols is 1. The van der Waals surface area contributed by atoms with E-state index < -0.39 is 23.4 Å². The molecule has 2 rings (SSSR count). The number of alkyl halides is 3. The second kappa shape index (κ2) is 7.18. The van der Waals surface area contributed by atoms with Gasteiger partial charge in [0, 0.05) is 31.2 Å². The van der Waals surface area contributed by atoms with Crippen molar-refractivity contribution in [2.24, 2.45) is 0 Å². The number of benzene rings is 1. The first kappa shape index (κ1) is 17.6. The molecule has 0 aliphatic carbocycles. The van der Waals surface area contributed by atoms with Crippen LogP contribution >= 0.6 is 0 Å². The van der Waals surface area contributed by atoms with Gasteiger partial charge in [0.15, 0.2) is 0 Å². The quantitative estimate of drug-likeness (QED) is 0.884. The van der Waals surface area contributed by atoms with Crippen LogP contribution in [0.2, 0.25) is 0 Å². The number of carbonyl (C=O) groups is 1. The summed E-state index contributed by atoms with van der Waals surface area (Å²) < 4.78 is 43.4. The lowest BCUT2D eigenvalue weighted by Gasteiger charge is -2.29. The van der Waals surface area contributed by atoms with E-state index in [0.29, 0.717) is 25.8 Å². The van der Waals surface area contributed by atoms with E-state index in [-0.39, 0.29) is 11.6 Å². The van der Waals surface area contributed by atoms with Gasteiger partial charge in [0.25, 0.3) is 5.91 Å². The fourth-order valence-electron chi connectivity index (χ4n) is 2.43. The molecule has 0 bridgehead atoms. The number of amides is 1. The molecule has 2 N–H and O–H groups in total. The zero-order valence-electron chi connectivity index (χ0n) is 12.7. The summed E-state index contributed by atoms with van der Waals surface area (Å²) in [6.45, 7) is 5.13. The molecule has 1 aliphatic heterocycles. The van der Waals surface area contributed by atoms with Crippen LogP contribution in [-0.4, -0.2) is 54.8 Å². The van der Waals surface area contributed by atoms with Gasteiger partial charge in [0.05, 0.1) is 18.8 Å². The molecule has 0 aromatic heterocycles. The third kappa shape index (κ3) is 5.11. The third-order valence-corrected chi connectivity index (χ3v) is 3.52. The summed E-state index contributed by atoms with van der Waals surface area (Å²) in [4.78, 5) is 14.2. The fourth-order valence-corrected chi connectivity index (χ4v) is 2.43. The first-order valence-electron chi connectivity index (χ1n) is 7.28. The average Bonchev–Trinajstić information content (AvgIpc) is 2.46. The van der Waals surface area contributed by atoms with E-state index >= 15 is 0 Å². The molecule has 8 heteroatoms. The van der Waals surface area contributed by atoms with Crippen LogP contribution in [0, 0.1) is 0 Å². The highest BCUT2D eigenvalue weighted by molar-refractivity contribution is 5.95. The molecule has 1 aliphatic rings. The van der Waals surface area contributed by atoms with Crippen molar-refractivity contribution in [1.29, 1.82) is 0 Å². The van der Waals surface area contributed by atoms with Crippen LogP contribution < -0.4 is 5.32 Å². The standard InChI is InChI=1S/C15H19F3N2O3/c1-10(9-20-2-4-23-5-3-20)19-14(22)11-6-12(15(16,17)18)8-13(21)7-11/h6-8,10,21H,2-5,9H2,1H3,(H,19,22)/t10-/m1/s1. The van der Waals surface area contributed by atoms with Crippen molar-refractivity contribution in [3.8, 4) is 5.75 Å². The van der Waals surface area contributed by atoms with Crippen molar-refractivity contribution in [2.45, 2.75) is 19.1 Å². The van der Waals surface area contributed by atoms with Gasteiger partial charge in [-0.3, -0.25) is 9.69 Å². The Kier molecular flexibility index (Phi) is 5.48. The number of rotatable bonds is 4. The molecule has 5 nitrogen and oxygen atoms in total. The Morgan fingerprint density at radius 2 is 2.00 bits per heavy atom. The lowest BCUT2D eigenvalue weighted by Crippen LogP contribution is -2.46. The molecule has 23 heavy (non-hydrogen) atoms. The maximum absolute atomic E-state index is 12.7. The molecule has 1 atom stereocenters. The number of halogens is 3. The van der Waals surface area contributed by atoms with Gasteiger partial charge in [0.1, 0.15) is 5.75 Å². The summed E-state index contributed by atoms with van der Waals surface area (Å²) in [6, 6.07) is 2.11. The second-order valence-corrected chi connectivity index (χ2v) is 5.55. The van der Waals surface area contributed by atoms with Gasteiger partial charge in [-0.15, -0.1) is 0 Å². The Hall–Kier alpha value is -1.80. The topological polar surface area (TPSA) is 61.8 Å². The molecule has 1 aromatic carbocycles. The first-order chi connectivity index (χ1) is 10.8. The zero-order chi connectivity index (χ0) is 17.0. The SMILES string of the molecule is C[C@H](CN1CCOCC1)NC(=O)c1cc(O)cc(C(F)(F)F)c1. The normalized spacial score (nSPS) is 17.7. The van der Waals surface area contributed by atoms with E-state index in [1.165, 1.54) is 0 Å². The highest BCUT2D eigenvalue weighted by Gasteiger charge is 2.32. The summed E-state index contributed by atoms with van der Waals surface area (Å²) in [5, 5.41) is 12.0. The summed E-state index contributed by atoms with van der Waals surface area (Å²) in [5.41, 5.74) is -1.27. The van der Waals surface area contributed by atoms with Crippen molar-refractivity contribution in [3.63, 3.8) is 0 Å². The highest BCUT2D eigenvalue weighted by Crippen LogP contribution is 2.32. The number of ether oxygens (including phenoxy) is 1. The minimum atomic E-state index is -4.62. The monoisotopic (exact) mass is 332 g/mol. The lowest BCUT2D eigenvalue weighted by molar-refractivity contribution is -0.137. The predicted molar refractivity (Wildman–Crippen MR) is 77.3 cm³/mol. The van der Waals surface area contributed by atoms with Gasteiger partial charge in [-0.25, -0.2) is 0 Å². The molecule has 0 saturated carbocycles. The van der Waals surface area contributed by atoms with E-state index in [9.17, 15) is 23.1 Å². The molecular weight excluding hydrogens is 313 g/mol. The molecule has 0 unspecified atom stereocenters. The minimum absolute atomic E-state index is 0.217. The van der Waals surface area contributed by atoms with E-state index in [2.05, 4.69) is 10.2 Å². The molecule has 1 heterocycles. The van der Waals surface area contributed by atoms with Crippen molar-refractivity contribution in [2.75, 3.05) is 32.8 Å². The predicted octanol–water partition coefficient (Wildman–Crippen LogP) is 1.86. The van der Waals surface area contributed by atoms with Crippen LogP contribution in [0.5, 0.6) is 5.75 Å². The summed E-state index contributed by atoms with van der Waals surface area (Å²) >= 11 is 0. The number of phenolic OH excluding ortho intramolecular Hbond substituents is 1.